The number of aromatic nitrogens is 1. The summed E-state index contributed by atoms with van der Waals surface area (Å²) >= 11 is 0. The van der Waals surface area contributed by atoms with Crippen LogP contribution < -0.4 is 0 Å². The monoisotopic (exact) mass is 415 g/mol. The van der Waals surface area contributed by atoms with Crippen molar-refractivity contribution >= 4 is 21.9 Å². The van der Waals surface area contributed by atoms with Crippen LogP contribution in [-0.2, 0) is 0 Å². The second kappa shape index (κ2) is 6.95. The lowest BCUT2D eigenvalue weighted by Crippen LogP contribution is -2.33. The summed E-state index contributed by atoms with van der Waals surface area (Å²) in [6, 6.07) is 14.0. The molecule has 160 valence electrons. The van der Waals surface area contributed by atoms with Crippen LogP contribution in [-0.4, -0.2) is 4.98 Å². The molecule has 1 fully saturated rings. The Hall–Kier alpha value is -2.61. The summed E-state index contributed by atoms with van der Waals surface area (Å²) in [4.78, 5) is 4.61. The molecule has 2 heteroatoms. The summed E-state index contributed by atoms with van der Waals surface area (Å²) in [7, 11) is 0. The largest absolute Gasteiger partial charge is 0.455 e. The molecule has 0 amide bonds. The number of aryl methyl sites for hydroxylation is 2. The number of nitrogens with zero attached hydrogens (tertiary/aromatic N) is 1. The van der Waals surface area contributed by atoms with Crippen LogP contribution in [0.25, 0.3) is 33.2 Å². The van der Waals surface area contributed by atoms with Gasteiger partial charge in [-0.2, -0.15) is 0 Å². The maximum absolute atomic E-state index is 9.63. The van der Waals surface area contributed by atoms with Crippen LogP contribution in [0.15, 0.2) is 53.1 Å². The molecular weight excluding hydrogens is 378 g/mol. The lowest BCUT2D eigenvalue weighted by atomic mass is 9.60. The minimum absolute atomic E-state index is 0.0739. The molecule has 0 unspecified atom stereocenters. The van der Waals surface area contributed by atoms with Crippen molar-refractivity contribution in [1.29, 1.82) is 0 Å². The summed E-state index contributed by atoms with van der Waals surface area (Å²) < 4.78 is 40.5. The molecule has 1 saturated carbocycles. The van der Waals surface area contributed by atoms with Crippen molar-refractivity contribution in [3.63, 3.8) is 0 Å². The number of pyridine rings is 1. The van der Waals surface area contributed by atoms with Crippen LogP contribution in [0.4, 0.5) is 0 Å². The fraction of sp³-hybridized carbons (Fsp3) is 0.414. The van der Waals surface area contributed by atoms with E-state index in [1.807, 2.05) is 37.3 Å². The van der Waals surface area contributed by atoms with Gasteiger partial charge in [-0.15, -0.1) is 0 Å². The van der Waals surface area contributed by atoms with E-state index in [0.717, 1.165) is 39.5 Å². The van der Waals surface area contributed by atoms with Crippen molar-refractivity contribution < 1.29 is 9.90 Å². The molecule has 0 saturated heterocycles. The Morgan fingerprint density at radius 1 is 1.03 bits per heavy atom. The first-order chi connectivity index (χ1) is 16.2. The van der Waals surface area contributed by atoms with Crippen LogP contribution in [0.2, 0.25) is 0 Å². The van der Waals surface area contributed by atoms with E-state index in [2.05, 4.69) is 44.8 Å². The number of benzene rings is 2. The van der Waals surface area contributed by atoms with Crippen molar-refractivity contribution in [3.8, 4) is 11.3 Å². The number of rotatable bonds is 2. The molecule has 0 spiro atoms. The Bertz CT molecular complexity index is 1430. The first-order valence-electron chi connectivity index (χ1n) is 13.1. The SMILES string of the molecule is [2H]C([2H])([2H])c1cnc(-c2cccc3c2oc2cc(C)ccc23)cc1C1([2H])CC(C)(C)CC(C)(C)C1. The molecular formula is C29H33NO. The van der Waals surface area contributed by atoms with Gasteiger partial charge in [-0.3, -0.25) is 4.98 Å². The van der Waals surface area contributed by atoms with Crippen molar-refractivity contribution in [3.05, 3.63) is 65.4 Å². The summed E-state index contributed by atoms with van der Waals surface area (Å²) in [5.74, 6) is -1.02. The minimum Gasteiger partial charge on any atom is -0.455 e. The second-order valence-electron chi connectivity index (χ2n) is 10.9. The fourth-order valence-corrected chi connectivity index (χ4v) is 5.83. The van der Waals surface area contributed by atoms with Gasteiger partial charge >= 0.3 is 0 Å². The maximum atomic E-state index is 9.63. The number of para-hydroxylation sites is 1. The molecule has 2 aromatic heterocycles. The quantitative estimate of drug-likeness (QED) is 0.327. The highest BCUT2D eigenvalue weighted by molar-refractivity contribution is 6.09. The van der Waals surface area contributed by atoms with E-state index in [1.165, 1.54) is 6.20 Å². The van der Waals surface area contributed by atoms with Gasteiger partial charge in [0.2, 0.25) is 0 Å². The van der Waals surface area contributed by atoms with E-state index in [1.54, 1.807) is 0 Å². The highest BCUT2D eigenvalue weighted by Gasteiger charge is 2.39. The first kappa shape index (κ1) is 16.1. The van der Waals surface area contributed by atoms with Gasteiger partial charge < -0.3 is 4.42 Å². The van der Waals surface area contributed by atoms with Gasteiger partial charge in [0.05, 0.1) is 5.69 Å². The molecule has 2 nitrogen and oxygen atoms in total. The zero-order valence-corrected chi connectivity index (χ0v) is 19.1. The van der Waals surface area contributed by atoms with Crippen molar-refractivity contribution in [2.75, 3.05) is 0 Å². The fourth-order valence-electron chi connectivity index (χ4n) is 5.83. The van der Waals surface area contributed by atoms with E-state index >= 15 is 0 Å². The molecule has 4 aromatic rings. The average Bonchev–Trinajstić information content (AvgIpc) is 3.07. The van der Waals surface area contributed by atoms with Gasteiger partial charge in [-0.05, 0) is 84.7 Å². The molecule has 2 heterocycles. The standard InChI is InChI=1S/C29H33NO/c1-18-10-11-21-22-8-7-9-23(27(22)31-26(21)12-18)25-13-24(19(2)16-30-25)20-14-28(3,4)17-29(5,6)15-20/h7-13,16,20H,14-15,17H2,1-6H3/i2D3,20D. The first-order valence-corrected chi connectivity index (χ1v) is 11.1. The van der Waals surface area contributed by atoms with Gasteiger partial charge in [0.1, 0.15) is 11.2 Å². The van der Waals surface area contributed by atoms with E-state index in [0.29, 0.717) is 24.1 Å². The number of fused-ring (bicyclic) bond motifs is 3. The smallest absolute Gasteiger partial charge is 0.144 e. The van der Waals surface area contributed by atoms with Crippen molar-refractivity contribution in [2.24, 2.45) is 10.8 Å². The Morgan fingerprint density at radius 3 is 2.55 bits per heavy atom. The summed E-state index contributed by atoms with van der Waals surface area (Å²) in [5.41, 5.74) is 4.72. The normalized spacial score (nSPS) is 22.0. The third-order valence-electron chi connectivity index (χ3n) is 6.56. The zero-order valence-electron chi connectivity index (χ0n) is 23.1. The Kier molecular flexibility index (Phi) is 3.61. The molecule has 0 atom stereocenters. The van der Waals surface area contributed by atoms with Gasteiger partial charge in [-0.25, -0.2) is 0 Å². The molecule has 0 N–H and O–H groups in total. The number of hydrogen-bond donors (Lipinski definition) is 0. The Balaban J connectivity index is 1.74. The summed E-state index contributed by atoms with van der Waals surface area (Å²) in [5, 5.41) is 2.04. The highest BCUT2D eigenvalue weighted by Crippen LogP contribution is 2.52. The highest BCUT2D eigenvalue weighted by atomic mass is 16.3. The van der Waals surface area contributed by atoms with Crippen LogP contribution in [0.1, 0.15) is 75.0 Å². The van der Waals surface area contributed by atoms with E-state index in [4.69, 9.17) is 8.53 Å². The number of furan rings is 1. The lowest BCUT2D eigenvalue weighted by Gasteiger charge is -2.45. The zero-order chi connectivity index (χ0) is 25.4. The van der Waals surface area contributed by atoms with E-state index < -0.39 is 12.7 Å². The molecule has 31 heavy (non-hydrogen) atoms. The third-order valence-corrected chi connectivity index (χ3v) is 6.56. The maximum Gasteiger partial charge on any atom is 0.144 e. The van der Waals surface area contributed by atoms with Crippen molar-refractivity contribution in [1.82, 2.24) is 4.98 Å². The predicted octanol–water partition coefficient (Wildman–Crippen LogP) is 8.58. The molecule has 0 aliphatic heterocycles. The van der Waals surface area contributed by atoms with E-state index in [-0.39, 0.29) is 16.4 Å². The summed E-state index contributed by atoms with van der Waals surface area (Å²) in [6.07, 6.45) is 3.67. The predicted molar refractivity (Wildman–Crippen MR) is 131 cm³/mol. The van der Waals surface area contributed by atoms with Gasteiger partial charge in [0.15, 0.2) is 0 Å². The average molecular weight is 416 g/mol. The molecule has 1 aliphatic carbocycles. The van der Waals surface area contributed by atoms with Gasteiger partial charge in [-0.1, -0.05) is 52.0 Å². The molecule has 1 aliphatic rings. The third kappa shape index (κ3) is 3.67. The molecule has 0 radical (unpaired) electrons. The second-order valence-corrected chi connectivity index (χ2v) is 10.9. The van der Waals surface area contributed by atoms with Crippen molar-refractivity contribution in [2.45, 2.75) is 66.6 Å². The van der Waals surface area contributed by atoms with Crippen LogP contribution in [0.5, 0.6) is 0 Å². The van der Waals surface area contributed by atoms with Gasteiger partial charge in [0.25, 0.3) is 0 Å². The lowest BCUT2D eigenvalue weighted by molar-refractivity contribution is 0.0967. The van der Waals surface area contributed by atoms with Crippen LogP contribution in [0, 0.1) is 24.6 Å². The molecule has 5 rings (SSSR count). The minimum atomic E-state index is -2.34. The van der Waals surface area contributed by atoms with Crippen LogP contribution in [0.3, 0.4) is 0 Å². The summed E-state index contributed by atoms with van der Waals surface area (Å²) in [6.45, 7) is 8.44. The Labute approximate surface area is 191 Å². The number of hydrogen-bond acceptors (Lipinski definition) is 2. The van der Waals surface area contributed by atoms with E-state index in [9.17, 15) is 1.37 Å². The van der Waals surface area contributed by atoms with Gasteiger partial charge in [0, 0.05) is 28.0 Å². The Morgan fingerprint density at radius 2 is 1.81 bits per heavy atom. The topological polar surface area (TPSA) is 26.0 Å². The van der Waals surface area contributed by atoms with Crippen LogP contribution >= 0.6 is 0 Å². The molecule has 0 bridgehead atoms. The molecule has 2 aromatic carbocycles.